The fourth-order valence-corrected chi connectivity index (χ4v) is 3.58. The summed E-state index contributed by atoms with van der Waals surface area (Å²) in [4.78, 5) is 11.3. The maximum Gasteiger partial charge on any atom is 0.264 e. The Bertz CT molecular complexity index is 676. The lowest BCUT2D eigenvalue weighted by Crippen LogP contribution is -2.47. The summed E-state index contributed by atoms with van der Waals surface area (Å²) in [6, 6.07) is 2.11. The lowest BCUT2D eigenvalue weighted by molar-refractivity contribution is 0.0175. The number of hydrogen-bond donors (Lipinski definition) is 1. The van der Waals surface area contributed by atoms with Crippen molar-refractivity contribution in [2.45, 2.75) is 29.9 Å². The first kappa shape index (κ1) is 16.7. The number of carbonyl (C=O) groups excluding carboxylic acids is 1. The van der Waals surface area contributed by atoms with Gasteiger partial charge in [-0.05, 0) is 25.0 Å². The molecule has 0 unspecified atom stereocenters. The lowest BCUT2D eigenvalue weighted by atomic mass is 9.89. The molecule has 0 atom stereocenters. The van der Waals surface area contributed by atoms with E-state index in [4.69, 9.17) is 15.4 Å². The number of halogens is 3. The van der Waals surface area contributed by atoms with Gasteiger partial charge >= 0.3 is 0 Å². The van der Waals surface area contributed by atoms with Crippen LogP contribution in [-0.4, -0.2) is 33.6 Å². The van der Waals surface area contributed by atoms with Gasteiger partial charge in [-0.25, -0.2) is 12.8 Å². The van der Waals surface area contributed by atoms with E-state index in [1.165, 1.54) is 6.07 Å². The molecule has 0 heterocycles. The number of hydrogen-bond acceptors (Lipinski definition) is 4. The Morgan fingerprint density at radius 2 is 2.10 bits per heavy atom. The van der Waals surface area contributed by atoms with E-state index in [0.29, 0.717) is 12.8 Å². The Morgan fingerprint density at radius 3 is 2.62 bits per heavy atom. The highest BCUT2D eigenvalue weighted by Gasteiger charge is 2.32. The Morgan fingerprint density at radius 1 is 1.48 bits per heavy atom. The molecule has 9 heteroatoms. The highest BCUT2D eigenvalue weighted by atomic mass is 79.9. The van der Waals surface area contributed by atoms with Crippen LogP contribution in [0.25, 0.3) is 0 Å². The molecule has 0 saturated heterocycles. The molecule has 0 aliphatic heterocycles. The van der Waals surface area contributed by atoms with E-state index in [1.54, 1.807) is 7.11 Å². The van der Waals surface area contributed by atoms with E-state index in [2.05, 4.69) is 21.2 Å². The van der Waals surface area contributed by atoms with E-state index in [0.717, 1.165) is 6.07 Å². The van der Waals surface area contributed by atoms with Crippen molar-refractivity contribution in [2.75, 3.05) is 7.11 Å². The summed E-state index contributed by atoms with van der Waals surface area (Å²) >= 11 is 3.04. The predicted molar refractivity (Wildman–Crippen MR) is 78.4 cm³/mol. The van der Waals surface area contributed by atoms with Crippen molar-refractivity contribution in [3.05, 3.63) is 28.0 Å². The van der Waals surface area contributed by atoms with Crippen LogP contribution in [0.4, 0.5) is 4.39 Å². The Hall–Kier alpha value is -0.700. The number of carbonyl (C=O) groups is 1. The molecule has 1 aromatic rings. The van der Waals surface area contributed by atoms with Crippen molar-refractivity contribution >= 4 is 41.6 Å². The molecule has 21 heavy (non-hydrogen) atoms. The second kappa shape index (κ2) is 6.20. The van der Waals surface area contributed by atoms with Crippen molar-refractivity contribution in [3.8, 4) is 0 Å². The second-order valence-electron chi connectivity index (χ2n) is 4.70. The third kappa shape index (κ3) is 3.74. The first-order chi connectivity index (χ1) is 9.72. The van der Waals surface area contributed by atoms with Gasteiger partial charge < -0.3 is 10.1 Å². The average Bonchev–Trinajstić information content (AvgIpc) is 2.33. The largest absolute Gasteiger partial charge is 0.381 e. The monoisotopic (exact) mass is 399 g/mol. The molecule has 5 nitrogen and oxygen atoms in total. The van der Waals surface area contributed by atoms with Gasteiger partial charge in [0, 0.05) is 28.3 Å². The Kier molecular flexibility index (Phi) is 4.92. The van der Waals surface area contributed by atoms with E-state index in [9.17, 15) is 17.6 Å². The third-order valence-electron chi connectivity index (χ3n) is 3.27. The summed E-state index contributed by atoms with van der Waals surface area (Å²) in [5.74, 6) is -1.84. The van der Waals surface area contributed by atoms with E-state index in [1.807, 2.05) is 0 Å². The smallest absolute Gasteiger partial charge is 0.264 e. The molecule has 116 valence electrons. The lowest BCUT2D eigenvalue weighted by Gasteiger charge is -2.34. The quantitative estimate of drug-likeness (QED) is 0.788. The van der Waals surface area contributed by atoms with Gasteiger partial charge in [0.25, 0.3) is 15.0 Å². The zero-order valence-corrected chi connectivity index (χ0v) is 14.1. The third-order valence-corrected chi connectivity index (χ3v) is 5.05. The van der Waals surface area contributed by atoms with Gasteiger partial charge in [-0.3, -0.25) is 4.79 Å². The molecule has 0 radical (unpaired) electrons. The zero-order chi connectivity index (χ0) is 15.8. The van der Waals surface area contributed by atoms with Gasteiger partial charge in [-0.2, -0.15) is 0 Å². The molecule has 1 amide bonds. The second-order valence-corrected chi connectivity index (χ2v) is 8.15. The molecule has 0 spiro atoms. The predicted octanol–water partition coefficient (Wildman–Crippen LogP) is 2.42. The van der Waals surface area contributed by atoms with Crippen molar-refractivity contribution in [2.24, 2.45) is 0 Å². The van der Waals surface area contributed by atoms with Gasteiger partial charge in [-0.1, -0.05) is 15.9 Å². The molecular weight excluding hydrogens is 389 g/mol. The van der Waals surface area contributed by atoms with E-state index < -0.39 is 25.7 Å². The number of benzene rings is 1. The molecule has 1 N–H and O–H groups in total. The topological polar surface area (TPSA) is 72.5 Å². The molecule has 1 aliphatic carbocycles. The first-order valence-electron chi connectivity index (χ1n) is 5.99. The number of rotatable bonds is 4. The summed E-state index contributed by atoms with van der Waals surface area (Å²) in [7, 11) is 2.46. The normalized spacial score (nSPS) is 21.7. The molecule has 0 aromatic heterocycles. The average molecular weight is 401 g/mol. The summed E-state index contributed by atoms with van der Waals surface area (Å²) in [6.45, 7) is 0. The Labute approximate surface area is 134 Å². The molecular formula is C12H12BrClFNO4S. The van der Waals surface area contributed by atoms with Crippen LogP contribution in [0.15, 0.2) is 21.5 Å². The van der Waals surface area contributed by atoms with Gasteiger partial charge in [0.05, 0.1) is 11.7 Å². The first-order valence-corrected chi connectivity index (χ1v) is 9.10. The van der Waals surface area contributed by atoms with Crippen molar-refractivity contribution < 1.29 is 22.3 Å². The van der Waals surface area contributed by atoms with Gasteiger partial charge in [0.15, 0.2) is 5.82 Å². The highest BCUT2D eigenvalue weighted by Crippen LogP contribution is 2.28. The Balaban J connectivity index is 2.24. The van der Waals surface area contributed by atoms with Gasteiger partial charge in [-0.15, -0.1) is 0 Å². The van der Waals surface area contributed by atoms with Crippen LogP contribution in [0.2, 0.25) is 0 Å². The minimum Gasteiger partial charge on any atom is -0.381 e. The summed E-state index contributed by atoms with van der Waals surface area (Å²) in [6.07, 6.45) is 1.36. The number of amides is 1. The SMILES string of the molecule is COC1CC(NC(=O)c2cc(Br)cc(S(=O)(=O)Cl)c2F)C1. The zero-order valence-electron chi connectivity index (χ0n) is 10.9. The van der Waals surface area contributed by atoms with Crippen LogP contribution >= 0.6 is 26.6 Å². The number of ether oxygens (including phenoxy) is 1. The minimum atomic E-state index is -4.28. The number of nitrogens with one attached hydrogen (secondary N) is 1. The minimum absolute atomic E-state index is 0.0847. The molecule has 1 saturated carbocycles. The molecule has 1 aliphatic rings. The summed E-state index contributed by atoms with van der Waals surface area (Å²) in [5.41, 5.74) is -0.371. The van der Waals surface area contributed by atoms with Crippen molar-refractivity contribution in [1.82, 2.24) is 5.32 Å². The standard InChI is InChI=1S/C12H12BrClFNO4S/c1-20-8-4-7(5-8)16-12(17)9-2-6(13)3-10(11(9)15)21(14,18)19/h2-3,7-8H,4-5H2,1H3,(H,16,17). The fourth-order valence-electron chi connectivity index (χ4n) is 2.05. The van der Waals surface area contributed by atoms with Crippen molar-refractivity contribution in [1.29, 1.82) is 0 Å². The van der Waals surface area contributed by atoms with Crippen LogP contribution in [0.3, 0.4) is 0 Å². The molecule has 0 bridgehead atoms. The fraction of sp³-hybridized carbons (Fsp3) is 0.417. The number of methoxy groups -OCH3 is 1. The maximum atomic E-state index is 14.1. The van der Waals surface area contributed by atoms with Gasteiger partial charge in [0.1, 0.15) is 4.90 Å². The summed E-state index contributed by atoms with van der Waals surface area (Å²) in [5, 5.41) is 2.63. The van der Waals surface area contributed by atoms with E-state index >= 15 is 0 Å². The highest BCUT2D eigenvalue weighted by molar-refractivity contribution is 9.10. The molecule has 1 fully saturated rings. The molecule has 1 aromatic carbocycles. The van der Waals surface area contributed by atoms with Gasteiger partial charge in [0.2, 0.25) is 0 Å². The molecule has 2 rings (SSSR count). The van der Waals surface area contributed by atoms with Crippen LogP contribution in [0.1, 0.15) is 23.2 Å². The van der Waals surface area contributed by atoms with Crippen LogP contribution in [0.5, 0.6) is 0 Å². The maximum absolute atomic E-state index is 14.1. The van der Waals surface area contributed by atoms with E-state index in [-0.39, 0.29) is 22.2 Å². The van der Waals surface area contributed by atoms with Crippen LogP contribution < -0.4 is 5.32 Å². The van der Waals surface area contributed by atoms with Crippen LogP contribution in [-0.2, 0) is 13.8 Å². The summed E-state index contributed by atoms with van der Waals surface area (Å²) < 4.78 is 42.1. The van der Waals surface area contributed by atoms with Crippen molar-refractivity contribution in [3.63, 3.8) is 0 Å². The van der Waals surface area contributed by atoms with Crippen LogP contribution in [0, 0.1) is 5.82 Å².